The molecule has 26 heavy (non-hydrogen) atoms. The molecular formula is C21H21NO4. The molecule has 0 amide bonds. The third kappa shape index (κ3) is 3.88. The van der Waals surface area contributed by atoms with Gasteiger partial charge in [-0.15, -0.1) is 0 Å². The highest BCUT2D eigenvalue weighted by atomic mass is 16.5. The van der Waals surface area contributed by atoms with Crippen LogP contribution in [0.2, 0.25) is 0 Å². The second-order valence-corrected chi connectivity index (χ2v) is 5.59. The van der Waals surface area contributed by atoms with E-state index in [2.05, 4.69) is 4.98 Å². The number of hydrogen-bond acceptors (Lipinski definition) is 5. The molecule has 0 fully saturated rings. The first-order valence-electron chi connectivity index (χ1n) is 8.17. The van der Waals surface area contributed by atoms with E-state index in [1.165, 1.54) is 0 Å². The van der Waals surface area contributed by atoms with Gasteiger partial charge < -0.3 is 18.9 Å². The van der Waals surface area contributed by atoms with E-state index < -0.39 is 0 Å². The van der Waals surface area contributed by atoms with Crippen molar-refractivity contribution in [1.82, 2.24) is 4.98 Å². The van der Waals surface area contributed by atoms with Crippen LogP contribution >= 0.6 is 0 Å². The monoisotopic (exact) mass is 351 g/mol. The lowest BCUT2D eigenvalue weighted by molar-refractivity contribution is 0.284. The summed E-state index contributed by atoms with van der Waals surface area (Å²) in [5.74, 6) is 2.91. The summed E-state index contributed by atoms with van der Waals surface area (Å²) >= 11 is 0. The van der Waals surface area contributed by atoms with Crippen LogP contribution in [-0.2, 0) is 6.61 Å². The molecule has 0 atom stereocenters. The quantitative estimate of drug-likeness (QED) is 0.633. The minimum Gasteiger partial charge on any atom is -0.497 e. The number of rotatable bonds is 7. The lowest BCUT2D eigenvalue weighted by Crippen LogP contribution is -1.99. The van der Waals surface area contributed by atoms with Crippen molar-refractivity contribution in [3.05, 3.63) is 66.5 Å². The van der Waals surface area contributed by atoms with Crippen molar-refractivity contribution >= 4 is 0 Å². The second-order valence-electron chi connectivity index (χ2n) is 5.59. The molecule has 134 valence electrons. The average Bonchev–Trinajstić information content (AvgIpc) is 2.72. The van der Waals surface area contributed by atoms with Crippen molar-refractivity contribution in [3.8, 4) is 34.1 Å². The lowest BCUT2D eigenvalue weighted by Gasteiger charge is -2.13. The number of methoxy groups -OCH3 is 3. The first kappa shape index (κ1) is 17.6. The standard InChI is InChI=1S/C21H21NO4/c1-23-17-8-9-19(24-2)18(11-17)16-10-15(12-22-13-16)14-26-21-7-5-4-6-20(21)25-3/h4-13H,14H2,1-3H3. The Morgan fingerprint density at radius 2 is 1.54 bits per heavy atom. The lowest BCUT2D eigenvalue weighted by atomic mass is 10.0. The summed E-state index contributed by atoms with van der Waals surface area (Å²) in [6.07, 6.45) is 3.58. The Morgan fingerprint density at radius 1 is 0.769 bits per heavy atom. The molecule has 0 bridgehead atoms. The van der Waals surface area contributed by atoms with Gasteiger partial charge in [-0.3, -0.25) is 4.98 Å². The number of pyridine rings is 1. The fourth-order valence-electron chi connectivity index (χ4n) is 2.65. The van der Waals surface area contributed by atoms with Crippen LogP contribution < -0.4 is 18.9 Å². The molecule has 0 N–H and O–H groups in total. The molecule has 0 saturated carbocycles. The predicted octanol–water partition coefficient (Wildman–Crippen LogP) is 4.35. The smallest absolute Gasteiger partial charge is 0.161 e. The maximum absolute atomic E-state index is 5.89. The fourth-order valence-corrected chi connectivity index (χ4v) is 2.65. The molecule has 2 aromatic carbocycles. The van der Waals surface area contributed by atoms with Crippen molar-refractivity contribution in [1.29, 1.82) is 0 Å². The summed E-state index contributed by atoms with van der Waals surface area (Å²) in [7, 11) is 4.91. The number of para-hydroxylation sites is 2. The average molecular weight is 351 g/mol. The van der Waals surface area contributed by atoms with Gasteiger partial charge in [-0.2, -0.15) is 0 Å². The summed E-state index contributed by atoms with van der Waals surface area (Å²) < 4.78 is 22.0. The molecular weight excluding hydrogens is 330 g/mol. The maximum atomic E-state index is 5.89. The Hall–Kier alpha value is -3.21. The Kier molecular flexibility index (Phi) is 5.59. The third-order valence-corrected chi connectivity index (χ3v) is 3.98. The first-order chi connectivity index (χ1) is 12.7. The number of hydrogen-bond donors (Lipinski definition) is 0. The zero-order valence-corrected chi connectivity index (χ0v) is 15.1. The topological polar surface area (TPSA) is 49.8 Å². The van der Waals surface area contributed by atoms with Gasteiger partial charge in [-0.25, -0.2) is 0 Å². The Morgan fingerprint density at radius 3 is 2.27 bits per heavy atom. The van der Waals surface area contributed by atoms with Crippen molar-refractivity contribution in [2.24, 2.45) is 0 Å². The molecule has 0 aliphatic carbocycles. The number of ether oxygens (including phenoxy) is 4. The van der Waals surface area contributed by atoms with Crippen molar-refractivity contribution in [2.45, 2.75) is 6.61 Å². The highest BCUT2D eigenvalue weighted by Crippen LogP contribution is 2.33. The molecule has 5 nitrogen and oxygen atoms in total. The summed E-state index contributed by atoms with van der Waals surface area (Å²) in [4.78, 5) is 4.34. The molecule has 0 spiro atoms. The molecule has 0 unspecified atom stereocenters. The molecule has 0 radical (unpaired) electrons. The van der Waals surface area contributed by atoms with E-state index in [-0.39, 0.29) is 0 Å². The van der Waals surface area contributed by atoms with Gasteiger partial charge in [0, 0.05) is 29.1 Å². The van der Waals surface area contributed by atoms with E-state index in [9.17, 15) is 0 Å². The van der Waals surface area contributed by atoms with Crippen molar-refractivity contribution in [3.63, 3.8) is 0 Å². The van der Waals surface area contributed by atoms with E-state index in [1.54, 1.807) is 33.7 Å². The minimum atomic E-state index is 0.382. The molecule has 0 saturated heterocycles. The molecule has 0 aliphatic heterocycles. The van der Waals surface area contributed by atoms with Crippen LogP contribution in [0.4, 0.5) is 0 Å². The van der Waals surface area contributed by atoms with E-state index >= 15 is 0 Å². The molecule has 1 heterocycles. The van der Waals surface area contributed by atoms with Crippen LogP contribution in [0.25, 0.3) is 11.1 Å². The van der Waals surface area contributed by atoms with Crippen LogP contribution in [0.3, 0.4) is 0 Å². The zero-order valence-electron chi connectivity index (χ0n) is 15.1. The van der Waals surface area contributed by atoms with Gasteiger partial charge in [0.25, 0.3) is 0 Å². The van der Waals surface area contributed by atoms with Crippen LogP contribution in [0.5, 0.6) is 23.0 Å². The van der Waals surface area contributed by atoms with Crippen molar-refractivity contribution < 1.29 is 18.9 Å². The number of benzene rings is 2. The Labute approximate surface area is 153 Å². The van der Waals surface area contributed by atoms with Gasteiger partial charge in [-0.1, -0.05) is 12.1 Å². The molecule has 3 rings (SSSR count). The largest absolute Gasteiger partial charge is 0.497 e. The Balaban J connectivity index is 1.85. The predicted molar refractivity (Wildman–Crippen MR) is 100 cm³/mol. The Bertz CT molecular complexity index is 879. The van der Waals surface area contributed by atoms with Gasteiger partial charge in [0.15, 0.2) is 11.5 Å². The summed E-state index contributed by atoms with van der Waals surface area (Å²) in [6.45, 7) is 0.382. The maximum Gasteiger partial charge on any atom is 0.161 e. The van der Waals surface area contributed by atoms with E-state index in [1.807, 2.05) is 48.5 Å². The van der Waals surface area contributed by atoms with E-state index in [0.717, 1.165) is 28.2 Å². The molecule has 5 heteroatoms. The summed E-state index contributed by atoms with van der Waals surface area (Å²) in [6, 6.07) is 15.3. The molecule has 1 aromatic heterocycles. The SMILES string of the molecule is COc1ccc(OC)c(-c2cncc(COc3ccccc3OC)c2)c1. The van der Waals surface area contributed by atoms with Gasteiger partial charge in [0.1, 0.15) is 18.1 Å². The normalized spacial score (nSPS) is 10.3. The van der Waals surface area contributed by atoms with Gasteiger partial charge >= 0.3 is 0 Å². The minimum absolute atomic E-state index is 0.382. The highest BCUT2D eigenvalue weighted by molar-refractivity contribution is 5.71. The first-order valence-corrected chi connectivity index (χ1v) is 8.17. The number of aromatic nitrogens is 1. The second kappa shape index (κ2) is 8.25. The van der Waals surface area contributed by atoms with Gasteiger partial charge in [0.2, 0.25) is 0 Å². The number of nitrogens with zero attached hydrogens (tertiary/aromatic N) is 1. The third-order valence-electron chi connectivity index (χ3n) is 3.98. The highest BCUT2D eigenvalue weighted by Gasteiger charge is 2.10. The zero-order chi connectivity index (χ0) is 18.4. The van der Waals surface area contributed by atoms with Crippen LogP contribution in [0, 0.1) is 0 Å². The van der Waals surface area contributed by atoms with Crippen LogP contribution in [0.1, 0.15) is 5.56 Å². The summed E-state index contributed by atoms with van der Waals surface area (Å²) in [5.41, 5.74) is 2.79. The van der Waals surface area contributed by atoms with E-state index in [0.29, 0.717) is 18.1 Å². The fraction of sp³-hybridized carbons (Fsp3) is 0.190. The summed E-state index contributed by atoms with van der Waals surface area (Å²) in [5, 5.41) is 0. The van der Waals surface area contributed by atoms with Crippen LogP contribution in [-0.4, -0.2) is 26.3 Å². The van der Waals surface area contributed by atoms with Gasteiger partial charge in [0.05, 0.1) is 21.3 Å². The van der Waals surface area contributed by atoms with E-state index in [4.69, 9.17) is 18.9 Å². The van der Waals surface area contributed by atoms with Gasteiger partial charge in [-0.05, 0) is 36.4 Å². The molecule has 0 aliphatic rings. The van der Waals surface area contributed by atoms with Crippen molar-refractivity contribution in [2.75, 3.05) is 21.3 Å². The van der Waals surface area contributed by atoms with Crippen LogP contribution in [0.15, 0.2) is 60.9 Å². The molecule has 3 aromatic rings.